The Bertz CT molecular complexity index is 395. The van der Waals surface area contributed by atoms with Gasteiger partial charge in [0.25, 0.3) is 5.91 Å². The van der Waals surface area contributed by atoms with E-state index in [1.165, 1.54) is 18.2 Å². The quantitative estimate of drug-likeness (QED) is 0.469. The number of aromatic nitrogens is 1. The average Bonchev–Trinajstić information content (AvgIpc) is 2.27. The first kappa shape index (κ1) is 13.4. The highest BCUT2D eigenvalue weighted by molar-refractivity contribution is 5.91. The molecule has 3 N–H and O–H groups in total. The van der Waals surface area contributed by atoms with E-state index in [0.717, 1.165) is 0 Å². The lowest BCUT2D eigenvalue weighted by Crippen LogP contribution is -2.30. The summed E-state index contributed by atoms with van der Waals surface area (Å²) in [6, 6.07) is 4.31. The van der Waals surface area contributed by atoms with Gasteiger partial charge < -0.3 is 4.74 Å². The fourth-order valence-electron chi connectivity index (χ4n) is 1.03. The lowest BCUT2D eigenvalue weighted by atomic mass is 10.3. The number of pyridine rings is 1. The molecule has 0 saturated heterocycles. The van der Waals surface area contributed by atoms with Crippen molar-refractivity contribution in [2.75, 3.05) is 6.61 Å². The van der Waals surface area contributed by atoms with Crippen LogP contribution in [0.25, 0.3) is 0 Å². The first-order valence-electron chi connectivity index (χ1n) is 4.54. The molecule has 0 aliphatic carbocycles. The molecule has 1 aromatic rings. The predicted octanol–water partition coefficient (Wildman–Crippen LogP) is 0.764. The standard InChI is InChI=1S/C9H10F3N3O2/c10-9(11,12)5-17-4-6-2-1-3-7(14-6)8(16)15-13/h1-3H,4-5,13H2,(H,15,16). The fraction of sp³-hybridized carbons (Fsp3) is 0.333. The molecule has 5 nitrogen and oxygen atoms in total. The second-order valence-electron chi connectivity index (χ2n) is 3.10. The molecular formula is C9H10F3N3O2. The summed E-state index contributed by atoms with van der Waals surface area (Å²) in [5.41, 5.74) is 2.10. The first-order chi connectivity index (χ1) is 7.92. The van der Waals surface area contributed by atoms with Crippen molar-refractivity contribution in [1.29, 1.82) is 0 Å². The summed E-state index contributed by atoms with van der Waals surface area (Å²) in [5.74, 6) is 4.27. The van der Waals surface area contributed by atoms with Gasteiger partial charge in [-0.1, -0.05) is 6.07 Å². The Morgan fingerprint density at radius 3 is 2.76 bits per heavy atom. The van der Waals surface area contributed by atoms with Crippen molar-refractivity contribution >= 4 is 5.91 Å². The highest BCUT2D eigenvalue weighted by atomic mass is 19.4. The predicted molar refractivity (Wildman–Crippen MR) is 51.6 cm³/mol. The number of nitrogens with one attached hydrogen (secondary N) is 1. The number of carbonyl (C=O) groups is 1. The van der Waals surface area contributed by atoms with Gasteiger partial charge in [0.2, 0.25) is 0 Å². The number of hydrogen-bond acceptors (Lipinski definition) is 4. The van der Waals surface area contributed by atoms with Gasteiger partial charge in [0, 0.05) is 0 Å². The molecule has 0 fully saturated rings. The Hall–Kier alpha value is -1.67. The lowest BCUT2D eigenvalue weighted by molar-refractivity contribution is -0.176. The van der Waals surface area contributed by atoms with E-state index in [2.05, 4.69) is 9.72 Å². The van der Waals surface area contributed by atoms with Crippen molar-refractivity contribution in [1.82, 2.24) is 10.4 Å². The summed E-state index contributed by atoms with van der Waals surface area (Å²) < 4.78 is 39.8. The van der Waals surface area contributed by atoms with Gasteiger partial charge in [-0.05, 0) is 12.1 Å². The van der Waals surface area contributed by atoms with Gasteiger partial charge in [-0.25, -0.2) is 10.8 Å². The Balaban J connectivity index is 2.57. The van der Waals surface area contributed by atoms with Crippen LogP contribution in [0, 0.1) is 0 Å². The monoisotopic (exact) mass is 249 g/mol. The third-order valence-electron chi connectivity index (χ3n) is 1.69. The van der Waals surface area contributed by atoms with E-state index in [4.69, 9.17) is 5.84 Å². The smallest absolute Gasteiger partial charge is 0.366 e. The van der Waals surface area contributed by atoms with Crippen LogP contribution >= 0.6 is 0 Å². The van der Waals surface area contributed by atoms with Crippen molar-refractivity contribution in [3.8, 4) is 0 Å². The molecular weight excluding hydrogens is 239 g/mol. The van der Waals surface area contributed by atoms with E-state index in [0.29, 0.717) is 0 Å². The van der Waals surface area contributed by atoms with Crippen molar-refractivity contribution in [3.05, 3.63) is 29.6 Å². The zero-order valence-electron chi connectivity index (χ0n) is 8.62. The highest BCUT2D eigenvalue weighted by Gasteiger charge is 2.27. The maximum Gasteiger partial charge on any atom is 0.411 e. The van der Waals surface area contributed by atoms with Gasteiger partial charge in [0.1, 0.15) is 12.3 Å². The number of nitrogens with two attached hydrogens (primary N) is 1. The molecule has 1 aromatic heterocycles. The number of nitrogens with zero attached hydrogens (tertiary/aromatic N) is 1. The molecule has 0 aliphatic rings. The number of ether oxygens (including phenoxy) is 1. The number of hydrazine groups is 1. The van der Waals surface area contributed by atoms with E-state index in [-0.39, 0.29) is 18.0 Å². The number of rotatable bonds is 4. The van der Waals surface area contributed by atoms with Crippen LogP contribution in [0.1, 0.15) is 16.2 Å². The number of hydrogen-bond donors (Lipinski definition) is 2. The second-order valence-corrected chi connectivity index (χ2v) is 3.10. The van der Waals surface area contributed by atoms with Crippen molar-refractivity contribution in [3.63, 3.8) is 0 Å². The van der Waals surface area contributed by atoms with E-state index < -0.39 is 18.7 Å². The summed E-state index contributed by atoms with van der Waals surface area (Å²) in [4.78, 5) is 14.9. The van der Waals surface area contributed by atoms with Crippen LogP contribution in [0.2, 0.25) is 0 Å². The molecule has 17 heavy (non-hydrogen) atoms. The molecule has 0 unspecified atom stereocenters. The zero-order chi connectivity index (χ0) is 12.9. The zero-order valence-corrected chi connectivity index (χ0v) is 8.62. The van der Waals surface area contributed by atoms with Crippen LogP contribution < -0.4 is 11.3 Å². The summed E-state index contributed by atoms with van der Waals surface area (Å²) in [7, 11) is 0. The molecule has 1 rings (SSSR count). The molecule has 0 aromatic carbocycles. The molecule has 0 aliphatic heterocycles. The highest BCUT2D eigenvalue weighted by Crippen LogP contribution is 2.15. The summed E-state index contributed by atoms with van der Waals surface area (Å²) >= 11 is 0. The lowest BCUT2D eigenvalue weighted by Gasteiger charge is -2.07. The molecule has 0 spiro atoms. The van der Waals surface area contributed by atoms with Gasteiger partial charge >= 0.3 is 6.18 Å². The van der Waals surface area contributed by atoms with E-state index >= 15 is 0 Å². The molecule has 0 radical (unpaired) electrons. The number of carbonyl (C=O) groups excluding carboxylic acids is 1. The van der Waals surface area contributed by atoms with Gasteiger partial charge in [0.05, 0.1) is 12.3 Å². The van der Waals surface area contributed by atoms with Gasteiger partial charge in [-0.15, -0.1) is 0 Å². The number of halogens is 3. The molecule has 1 heterocycles. The fourth-order valence-corrected chi connectivity index (χ4v) is 1.03. The Morgan fingerprint density at radius 2 is 2.18 bits per heavy atom. The van der Waals surface area contributed by atoms with Crippen molar-refractivity contribution in [2.24, 2.45) is 5.84 Å². The van der Waals surface area contributed by atoms with Crippen LogP contribution in [0.5, 0.6) is 0 Å². The molecule has 1 amide bonds. The van der Waals surface area contributed by atoms with E-state index in [1.807, 2.05) is 5.43 Å². The molecule has 0 saturated carbocycles. The molecule has 94 valence electrons. The summed E-state index contributed by atoms with van der Waals surface area (Å²) in [5, 5.41) is 0. The van der Waals surface area contributed by atoms with Crippen LogP contribution in [-0.2, 0) is 11.3 Å². The number of alkyl halides is 3. The number of nitrogen functional groups attached to an aromatic ring is 1. The molecule has 0 bridgehead atoms. The molecule has 8 heteroatoms. The third kappa shape index (κ3) is 4.79. The minimum absolute atomic E-state index is 0.0145. The minimum Gasteiger partial charge on any atom is -0.366 e. The van der Waals surface area contributed by atoms with Crippen LogP contribution in [-0.4, -0.2) is 23.7 Å². The van der Waals surface area contributed by atoms with Gasteiger partial charge in [-0.2, -0.15) is 13.2 Å². The summed E-state index contributed by atoms with van der Waals surface area (Å²) in [6.45, 7) is -1.69. The van der Waals surface area contributed by atoms with Gasteiger partial charge in [0.15, 0.2) is 0 Å². The maximum absolute atomic E-state index is 11.8. The third-order valence-corrected chi connectivity index (χ3v) is 1.69. The first-order valence-corrected chi connectivity index (χ1v) is 4.54. The maximum atomic E-state index is 11.8. The summed E-state index contributed by atoms with van der Waals surface area (Å²) in [6.07, 6.45) is -4.38. The van der Waals surface area contributed by atoms with Crippen LogP contribution in [0.4, 0.5) is 13.2 Å². The number of amides is 1. The second kappa shape index (κ2) is 5.60. The molecule has 0 atom stereocenters. The largest absolute Gasteiger partial charge is 0.411 e. The Labute approximate surface area is 94.7 Å². The van der Waals surface area contributed by atoms with Crippen molar-refractivity contribution < 1.29 is 22.7 Å². The average molecular weight is 249 g/mol. The topological polar surface area (TPSA) is 77.2 Å². The van der Waals surface area contributed by atoms with Crippen LogP contribution in [0.3, 0.4) is 0 Å². The Kier molecular flexibility index (Phi) is 4.41. The van der Waals surface area contributed by atoms with Gasteiger partial charge in [-0.3, -0.25) is 10.2 Å². The SMILES string of the molecule is NNC(=O)c1cccc(COCC(F)(F)F)n1. The van der Waals surface area contributed by atoms with E-state index in [9.17, 15) is 18.0 Å². The van der Waals surface area contributed by atoms with Crippen LogP contribution in [0.15, 0.2) is 18.2 Å². The normalized spacial score (nSPS) is 11.3. The Morgan fingerprint density at radius 1 is 1.47 bits per heavy atom. The van der Waals surface area contributed by atoms with E-state index in [1.54, 1.807) is 0 Å². The minimum atomic E-state index is -4.38. The van der Waals surface area contributed by atoms with Crippen molar-refractivity contribution in [2.45, 2.75) is 12.8 Å².